The maximum absolute atomic E-state index is 12.8. The monoisotopic (exact) mass is 230 g/mol. The number of amidine groups is 1. The van der Waals surface area contributed by atoms with Gasteiger partial charge in [0.2, 0.25) is 0 Å². The minimum Gasteiger partial charge on any atom is -0.387 e. The Morgan fingerprint density at radius 2 is 2.13 bits per heavy atom. The van der Waals surface area contributed by atoms with Gasteiger partial charge in [0.15, 0.2) is 11.6 Å². The van der Waals surface area contributed by atoms with Crippen molar-refractivity contribution in [3.05, 3.63) is 29.8 Å². The fraction of sp³-hybridized carbons (Fsp3) is 0.300. The van der Waals surface area contributed by atoms with Crippen LogP contribution in [0.1, 0.15) is 6.92 Å². The highest BCUT2D eigenvalue weighted by atomic mass is 32.2. The number of hydrogen-bond acceptors (Lipinski definition) is 2. The van der Waals surface area contributed by atoms with Crippen LogP contribution in [-0.2, 0) is 0 Å². The van der Waals surface area contributed by atoms with Crippen LogP contribution in [0.3, 0.4) is 0 Å². The fourth-order valence-electron chi connectivity index (χ4n) is 0.878. The number of rotatable bonds is 4. The van der Waals surface area contributed by atoms with Gasteiger partial charge in [-0.15, -0.1) is 11.8 Å². The van der Waals surface area contributed by atoms with Crippen LogP contribution in [0, 0.1) is 23.0 Å². The molecular weight excluding hydrogens is 218 g/mol. The molecule has 0 saturated carbocycles. The molecule has 0 spiro atoms. The smallest absolute Gasteiger partial charge is 0.159 e. The van der Waals surface area contributed by atoms with E-state index in [1.807, 2.05) is 6.92 Å². The van der Waals surface area contributed by atoms with Gasteiger partial charge in [-0.3, -0.25) is 5.41 Å². The van der Waals surface area contributed by atoms with Gasteiger partial charge in [0, 0.05) is 16.6 Å². The molecule has 15 heavy (non-hydrogen) atoms. The molecule has 1 aromatic rings. The Hall–Kier alpha value is -1.10. The van der Waals surface area contributed by atoms with Crippen LogP contribution in [0.4, 0.5) is 8.78 Å². The van der Waals surface area contributed by atoms with Crippen molar-refractivity contribution in [1.29, 1.82) is 5.41 Å². The van der Waals surface area contributed by atoms with Crippen molar-refractivity contribution in [2.75, 3.05) is 5.75 Å². The lowest BCUT2D eigenvalue weighted by atomic mass is 10.2. The average Bonchev–Trinajstić information content (AvgIpc) is 2.19. The number of thioether (sulfide) groups is 1. The van der Waals surface area contributed by atoms with Crippen molar-refractivity contribution in [2.24, 2.45) is 11.7 Å². The minimum atomic E-state index is -0.851. The van der Waals surface area contributed by atoms with Gasteiger partial charge in [0.1, 0.15) is 0 Å². The summed E-state index contributed by atoms with van der Waals surface area (Å²) >= 11 is 1.35. The second kappa shape index (κ2) is 5.11. The predicted molar refractivity (Wildman–Crippen MR) is 58.2 cm³/mol. The SMILES string of the molecule is CC(CSc1ccc(F)c(F)c1)C(=N)N. The van der Waals surface area contributed by atoms with E-state index in [9.17, 15) is 8.78 Å². The lowest BCUT2D eigenvalue weighted by molar-refractivity contribution is 0.506. The van der Waals surface area contributed by atoms with E-state index in [4.69, 9.17) is 11.1 Å². The summed E-state index contributed by atoms with van der Waals surface area (Å²) < 4.78 is 25.4. The number of nitrogens with one attached hydrogen (secondary N) is 1. The van der Waals surface area contributed by atoms with E-state index in [1.165, 1.54) is 17.8 Å². The Labute approximate surface area is 91.4 Å². The highest BCUT2D eigenvalue weighted by Gasteiger charge is 2.07. The molecule has 0 saturated heterocycles. The quantitative estimate of drug-likeness (QED) is 0.474. The number of halogens is 2. The van der Waals surface area contributed by atoms with E-state index >= 15 is 0 Å². The molecule has 0 bridgehead atoms. The summed E-state index contributed by atoms with van der Waals surface area (Å²) in [5.74, 6) is -1.08. The second-order valence-corrected chi connectivity index (χ2v) is 4.34. The first kappa shape index (κ1) is 12.0. The first-order chi connectivity index (χ1) is 7.00. The molecule has 0 aliphatic carbocycles. The summed E-state index contributed by atoms with van der Waals surface area (Å²) in [4.78, 5) is 0.641. The van der Waals surface area contributed by atoms with E-state index in [0.29, 0.717) is 10.6 Å². The molecule has 1 atom stereocenters. The van der Waals surface area contributed by atoms with E-state index in [0.717, 1.165) is 12.1 Å². The Morgan fingerprint density at radius 1 is 1.47 bits per heavy atom. The maximum Gasteiger partial charge on any atom is 0.159 e. The molecule has 0 amide bonds. The molecule has 2 nitrogen and oxygen atoms in total. The van der Waals surface area contributed by atoms with Crippen LogP contribution >= 0.6 is 11.8 Å². The topological polar surface area (TPSA) is 49.9 Å². The van der Waals surface area contributed by atoms with E-state index in [1.54, 1.807) is 0 Å². The zero-order valence-electron chi connectivity index (χ0n) is 8.26. The highest BCUT2D eigenvalue weighted by Crippen LogP contribution is 2.22. The third-order valence-electron chi connectivity index (χ3n) is 1.92. The first-order valence-corrected chi connectivity index (χ1v) is 5.41. The molecular formula is C10H12F2N2S. The van der Waals surface area contributed by atoms with Gasteiger partial charge in [0.25, 0.3) is 0 Å². The van der Waals surface area contributed by atoms with Crippen molar-refractivity contribution in [2.45, 2.75) is 11.8 Å². The van der Waals surface area contributed by atoms with Crippen molar-refractivity contribution < 1.29 is 8.78 Å². The average molecular weight is 230 g/mol. The van der Waals surface area contributed by atoms with Crippen LogP contribution in [0.25, 0.3) is 0 Å². The van der Waals surface area contributed by atoms with Crippen LogP contribution < -0.4 is 5.73 Å². The molecule has 82 valence electrons. The Bertz CT molecular complexity index is 368. The van der Waals surface area contributed by atoms with Crippen molar-refractivity contribution in [3.8, 4) is 0 Å². The van der Waals surface area contributed by atoms with Crippen molar-refractivity contribution in [3.63, 3.8) is 0 Å². The molecule has 1 aromatic carbocycles. The van der Waals surface area contributed by atoms with Crippen molar-refractivity contribution >= 4 is 17.6 Å². The molecule has 0 aliphatic rings. The normalized spacial score (nSPS) is 12.5. The zero-order valence-corrected chi connectivity index (χ0v) is 9.07. The number of nitrogens with two attached hydrogens (primary N) is 1. The molecule has 0 radical (unpaired) electrons. The van der Waals surface area contributed by atoms with Gasteiger partial charge in [0.05, 0.1) is 5.84 Å². The molecule has 0 heterocycles. The van der Waals surface area contributed by atoms with Gasteiger partial charge < -0.3 is 5.73 Å². The van der Waals surface area contributed by atoms with E-state index in [2.05, 4.69) is 0 Å². The molecule has 1 unspecified atom stereocenters. The summed E-state index contributed by atoms with van der Waals surface area (Å²) in [5.41, 5.74) is 5.29. The van der Waals surface area contributed by atoms with Gasteiger partial charge in [-0.1, -0.05) is 6.92 Å². The minimum absolute atomic E-state index is 0.0666. The summed E-state index contributed by atoms with van der Waals surface area (Å²) in [5, 5.41) is 7.17. The Morgan fingerprint density at radius 3 is 2.67 bits per heavy atom. The summed E-state index contributed by atoms with van der Waals surface area (Å²) in [7, 11) is 0. The Balaban J connectivity index is 2.58. The first-order valence-electron chi connectivity index (χ1n) is 4.42. The largest absolute Gasteiger partial charge is 0.387 e. The van der Waals surface area contributed by atoms with Gasteiger partial charge in [-0.05, 0) is 18.2 Å². The number of benzene rings is 1. The van der Waals surface area contributed by atoms with Crippen LogP contribution in [0.15, 0.2) is 23.1 Å². The van der Waals surface area contributed by atoms with Crippen LogP contribution in [0.5, 0.6) is 0 Å². The standard InChI is InChI=1S/C10H12F2N2S/c1-6(10(13)14)5-15-7-2-3-8(11)9(12)4-7/h2-4,6H,5H2,1H3,(H3,13,14). The lowest BCUT2D eigenvalue weighted by Crippen LogP contribution is -2.21. The van der Waals surface area contributed by atoms with Gasteiger partial charge in [-0.2, -0.15) is 0 Å². The molecule has 5 heteroatoms. The van der Waals surface area contributed by atoms with Gasteiger partial charge in [-0.25, -0.2) is 8.78 Å². The zero-order chi connectivity index (χ0) is 11.4. The van der Waals surface area contributed by atoms with Crippen molar-refractivity contribution in [1.82, 2.24) is 0 Å². The number of hydrogen-bond donors (Lipinski definition) is 2. The molecule has 1 rings (SSSR count). The van der Waals surface area contributed by atoms with Crippen LogP contribution in [0.2, 0.25) is 0 Å². The summed E-state index contributed by atoms with van der Waals surface area (Å²) in [6.45, 7) is 1.81. The van der Waals surface area contributed by atoms with E-state index < -0.39 is 11.6 Å². The molecule has 3 N–H and O–H groups in total. The third-order valence-corrected chi connectivity index (χ3v) is 3.18. The second-order valence-electron chi connectivity index (χ2n) is 3.24. The summed E-state index contributed by atoms with van der Waals surface area (Å²) in [6, 6.07) is 3.75. The predicted octanol–water partition coefficient (Wildman–Crippen LogP) is 2.63. The Kier molecular flexibility index (Phi) is 4.08. The molecule has 0 aromatic heterocycles. The third kappa shape index (κ3) is 3.51. The molecule has 0 aliphatic heterocycles. The van der Waals surface area contributed by atoms with Crippen LogP contribution in [-0.4, -0.2) is 11.6 Å². The highest BCUT2D eigenvalue weighted by molar-refractivity contribution is 7.99. The lowest BCUT2D eigenvalue weighted by Gasteiger charge is -2.08. The maximum atomic E-state index is 12.8. The summed E-state index contributed by atoms with van der Waals surface area (Å²) in [6.07, 6.45) is 0. The molecule has 0 fully saturated rings. The fourth-order valence-corrected chi connectivity index (χ4v) is 1.85. The van der Waals surface area contributed by atoms with E-state index in [-0.39, 0.29) is 11.8 Å². The van der Waals surface area contributed by atoms with Gasteiger partial charge >= 0.3 is 0 Å².